The van der Waals surface area contributed by atoms with Crippen LogP contribution in [0.5, 0.6) is 0 Å². The Labute approximate surface area is 132 Å². The molecule has 22 heavy (non-hydrogen) atoms. The number of aromatic nitrogens is 1. The first-order valence-corrected chi connectivity index (χ1v) is 7.88. The van der Waals surface area contributed by atoms with Crippen molar-refractivity contribution in [2.45, 2.75) is 33.1 Å². The molecule has 2 rings (SSSR count). The van der Waals surface area contributed by atoms with Gasteiger partial charge in [-0.15, -0.1) is 0 Å². The molecule has 1 aromatic carbocycles. The van der Waals surface area contributed by atoms with Gasteiger partial charge < -0.3 is 5.32 Å². The van der Waals surface area contributed by atoms with Gasteiger partial charge in [0.1, 0.15) is 0 Å². The summed E-state index contributed by atoms with van der Waals surface area (Å²) >= 11 is 0. The zero-order valence-electron chi connectivity index (χ0n) is 13.4. The van der Waals surface area contributed by atoms with Gasteiger partial charge in [-0.25, -0.2) is 0 Å². The van der Waals surface area contributed by atoms with Crippen molar-refractivity contribution in [2.75, 3.05) is 6.54 Å². The number of carbonyl (C=O) groups is 1. The van der Waals surface area contributed by atoms with E-state index in [9.17, 15) is 4.79 Å². The number of amides is 1. The minimum absolute atomic E-state index is 0.0625. The number of carbonyl (C=O) groups excluding carboxylic acids is 1. The smallest absolute Gasteiger partial charge is 0.224 e. The number of benzene rings is 1. The van der Waals surface area contributed by atoms with Crippen molar-refractivity contribution in [1.82, 2.24) is 10.3 Å². The third-order valence-corrected chi connectivity index (χ3v) is 3.46. The van der Waals surface area contributed by atoms with Gasteiger partial charge in [0, 0.05) is 24.9 Å². The van der Waals surface area contributed by atoms with Crippen LogP contribution in [-0.2, 0) is 24.1 Å². The van der Waals surface area contributed by atoms with E-state index in [0.717, 1.165) is 24.1 Å². The van der Waals surface area contributed by atoms with Gasteiger partial charge in [-0.2, -0.15) is 0 Å². The van der Waals surface area contributed by atoms with Gasteiger partial charge in [0.2, 0.25) is 5.91 Å². The number of hydrogen-bond acceptors (Lipinski definition) is 2. The van der Waals surface area contributed by atoms with Gasteiger partial charge in [-0.3, -0.25) is 9.78 Å². The Morgan fingerprint density at radius 2 is 1.82 bits per heavy atom. The number of hydrogen-bond donors (Lipinski definition) is 1. The highest BCUT2D eigenvalue weighted by molar-refractivity contribution is 5.78. The third kappa shape index (κ3) is 5.68. The van der Waals surface area contributed by atoms with E-state index in [0.29, 0.717) is 18.9 Å². The first-order valence-electron chi connectivity index (χ1n) is 7.88. The lowest BCUT2D eigenvalue weighted by atomic mass is 10.0. The number of nitrogens with zero attached hydrogens (tertiary/aromatic N) is 1. The van der Waals surface area contributed by atoms with E-state index < -0.39 is 0 Å². The first kappa shape index (κ1) is 16.2. The maximum absolute atomic E-state index is 11.9. The van der Waals surface area contributed by atoms with Gasteiger partial charge >= 0.3 is 0 Å². The topological polar surface area (TPSA) is 42.0 Å². The van der Waals surface area contributed by atoms with Crippen LogP contribution < -0.4 is 5.32 Å². The normalized spacial score (nSPS) is 10.7. The Kier molecular flexibility index (Phi) is 6.13. The lowest BCUT2D eigenvalue weighted by Crippen LogP contribution is -2.27. The van der Waals surface area contributed by atoms with Crippen molar-refractivity contribution < 1.29 is 4.79 Å². The molecule has 0 atom stereocenters. The van der Waals surface area contributed by atoms with Crippen LogP contribution >= 0.6 is 0 Å². The lowest BCUT2D eigenvalue weighted by Gasteiger charge is -2.07. The van der Waals surface area contributed by atoms with Gasteiger partial charge in [0.25, 0.3) is 0 Å². The second-order valence-corrected chi connectivity index (χ2v) is 6.01. The van der Waals surface area contributed by atoms with Gasteiger partial charge in [-0.1, -0.05) is 44.2 Å². The first-order chi connectivity index (χ1) is 10.6. The highest BCUT2D eigenvalue weighted by Gasteiger charge is 2.04. The molecule has 2 aromatic rings. The van der Waals surface area contributed by atoms with Crippen LogP contribution in [0.1, 0.15) is 30.7 Å². The molecular formula is C19H24N2O. The zero-order valence-corrected chi connectivity index (χ0v) is 13.4. The van der Waals surface area contributed by atoms with Crippen molar-refractivity contribution in [3.05, 3.63) is 65.5 Å². The lowest BCUT2D eigenvalue weighted by molar-refractivity contribution is -0.120. The van der Waals surface area contributed by atoms with E-state index in [2.05, 4.69) is 48.4 Å². The van der Waals surface area contributed by atoms with Crippen LogP contribution in [0.25, 0.3) is 0 Å². The van der Waals surface area contributed by atoms with Crippen molar-refractivity contribution in [3.8, 4) is 0 Å². The highest BCUT2D eigenvalue weighted by atomic mass is 16.1. The fourth-order valence-corrected chi connectivity index (χ4v) is 2.39. The number of nitrogens with one attached hydrogen (secondary N) is 1. The summed E-state index contributed by atoms with van der Waals surface area (Å²) in [7, 11) is 0. The highest BCUT2D eigenvalue weighted by Crippen LogP contribution is 2.10. The third-order valence-electron chi connectivity index (χ3n) is 3.46. The molecule has 1 aromatic heterocycles. The molecule has 0 aliphatic heterocycles. The molecule has 1 heterocycles. The molecule has 116 valence electrons. The average Bonchev–Trinajstić information content (AvgIpc) is 2.50. The van der Waals surface area contributed by atoms with Gasteiger partial charge in [0.05, 0.1) is 6.42 Å². The molecule has 3 heteroatoms. The fourth-order valence-electron chi connectivity index (χ4n) is 2.39. The summed E-state index contributed by atoms with van der Waals surface area (Å²) in [5, 5.41) is 2.95. The summed E-state index contributed by atoms with van der Waals surface area (Å²) in [5.41, 5.74) is 3.39. The summed E-state index contributed by atoms with van der Waals surface area (Å²) in [6, 6.07) is 14.2. The van der Waals surface area contributed by atoms with E-state index in [-0.39, 0.29) is 5.91 Å². The molecule has 0 aliphatic rings. The molecule has 0 spiro atoms. The van der Waals surface area contributed by atoms with Crippen LogP contribution in [0.3, 0.4) is 0 Å². The Bertz CT molecular complexity index is 576. The van der Waals surface area contributed by atoms with E-state index in [1.165, 1.54) is 5.56 Å². The molecule has 0 aliphatic carbocycles. The van der Waals surface area contributed by atoms with E-state index >= 15 is 0 Å². The Balaban J connectivity index is 1.74. The number of rotatable bonds is 7. The monoisotopic (exact) mass is 296 g/mol. The van der Waals surface area contributed by atoms with Crippen molar-refractivity contribution in [2.24, 2.45) is 5.92 Å². The SMILES string of the molecule is CC(C)Cc1ccc(CC(=O)NCCc2ccccn2)cc1. The Morgan fingerprint density at radius 1 is 1.09 bits per heavy atom. The largest absolute Gasteiger partial charge is 0.355 e. The summed E-state index contributed by atoms with van der Waals surface area (Å²) in [6.45, 7) is 5.05. The molecule has 1 N–H and O–H groups in total. The minimum Gasteiger partial charge on any atom is -0.355 e. The molecule has 0 bridgehead atoms. The van der Waals surface area contributed by atoms with E-state index in [1.54, 1.807) is 6.20 Å². The van der Waals surface area contributed by atoms with Crippen LogP contribution in [0.4, 0.5) is 0 Å². The van der Waals surface area contributed by atoms with Crippen LogP contribution in [0.2, 0.25) is 0 Å². The predicted octanol–water partition coefficient (Wildman–Crippen LogP) is 3.18. The molecule has 0 saturated heterocycles. The van der Waals surface area contributed by atoms with Crippen molar-refractivity contribution in [1.29, 1.82) is 0 Å². The van der Waals surface area contributed by atoms with Gasteiger partial charge in [-0.05, 0) is 35.6 Å². The summed E-state index contributed by atoms with van der Waals surface area (Å²) in [6.07, 6.45) is 4.05. The van der Waals surface area contributed by atoms with Crippen LogP contribution in [-0.4, -0.2) is 17.4 Å². The Morgan fingerprint density at radius 3 is 2.45 bits per heavy atom. The minimum atomic E-state index is 0.0625. The van der Waals surface area contributed by atoms with Crippen LogP contribution in [0, 0.1) is 5.92 Å². The predicted molar refractivity (Wildman–Crippen MR) is 89.6 cm³/mol. The van der Waals surface area contributed by atoms with E-state index in [4.69, 9.17) is 0 Å². The van der Waals surface area contributed by atoms with Crippen molar-refractivity contribution in [3.63, 3.8) is 0 Å². The zero-order chi connectivity index (χ0) is 15.8. The molecule has 0 fully saturated rings. The standard InChI is InChI=1S/C19H24N2O/c1-15(2)13-16-6-8-17(9-7-16)14-19(22)21-12-10-18-5-3-4-11-20-18/h3-9,11,15H,10,12-14H2,1-2H3,(H,21,22). The van der Waals surface area contributed by atoms with Gasteiger partial charge in [0.15, 0.2) is 0 Å². The quantitative estimate of drug-likeness (QED) is 0.852. The molecule has 1 amide bonds. The maximum atomic E-state index is 11.9. The summed E-state index contributed by atoms with van der Waals surface area (Å²) in [5.74, 6) is 0.716. The second kappa shape index (κ2) is 8.32. The molecular weight excluding hydrogens is 272 g/mol. The molecule has 0 saturated carbocycles. The molecule has 0 unspecified atom stereocenters. The Hall–Kier alpha value is -2.16. The average molecular weight is 296 g/mol. The second-order valence-electron chi connectivity index (χ2n) is 6.01. The molecule has 3 nitrogen and oxygen atoms in total. The number of pyridine rings is 1. The fraction of sp³-hybridized carbons (Fsp3) is 0.368. The maximum Gasteiger partial charge on any atom is 0.224 e. The summed E-state index contributed by atoms with van der Waals surface area (Å²) < 4.78 is 0. The van der Waals surface area contributed by atoms with Crippen LogP contribution in [0.15, 0.2) is 48.7 Å². The molecule has 0 radical (unpaired) electrons. The van der Waals surface area contributed by atoms with Crippen molar-refractivity contribution >= 4 is 5.91 Å². The van der Waals surface area contributed by atoms with E-state index in [1.807, 2.05) is 18.2 Å². The summed E-state index contributed by atoms with van der Waals surface area (Å²) in [4.78, 5) is 16.2.